The molecule has 5 nitrogen and oxygen atoms in total. The van der Waals surface area contributed by atoms with E-state index in [9.17, 15) is 4.79 Å². The third-order valence-corrected chi connectivity index (χ3v) is 5.47. The zero-order chi connectivity index (χ0) is 18.3. The van der Waals surface area contributed by atoms with Crippen molar-refractivity contribution in [2.75, 3.05) is 13.8 Å². The van der Waals surface area contributed by atoms with Crippen molar-refractivity contribution in [3.05, 3.63) is 56.9 Å². The lowest BCUT2D eigenvalue weighted by molar-refractivity contribution is -0.121. The van der Waals surface area contributed by atoms with Gasteiger partial charge in [-0.1, -0.05) is 23.2 Å². The molecule has 26 heavy (non-hydrogen) atoms. The summed E-state index contributed by atoms with van der Waals surface area (Å²) in [6.45, 7) is 0.167. The average molecular weight is 407 g/mol. The summed E-state index contributed by atoms with van der Waals surface area (Å²) in [4.78, 5) is 19.1. The van der Waals surface area contributed by atoms with Gasteiger partial charge in [-0.25, -0.2) is 4.99 Å². The van der Waals surface area contributed by atoms with E-state index in [1.165, 1.54) is 16.7 Å². The number of fused-ring (bicyclic) bond motifs is 1. The molecule has 0 spiro atoms. The van der Waals surface area contributed by atoms with Crippen molar-refractivity contribution < 1.29 is 14.3 Å². The molecule has 2 aliphatic heterocycles. The Morgan fingerprint density at radius 1 is 1.15 bits per heavy atom. The Morgan fingerprint density at radius 2 is 1.85 bits per heavy atom. The van der Waals surface area contributed by atoms with Crippen LogP contribution in [0.1, 0.15) is 5.56 Å². The molecule has 2 aliphatic rings. The second-order valence-electron chi connectivity index (χ2n) is 5.57. The molecule has 0 saturated carbocycles. The van der Waals surface area contributed by atoms with Crippen LogP contribution in [-0.2, 0) is 4.79 Å². The van der Waals surface area contributed by atoms with Crippen molar-refractivity contribution in [3.63, 3.8) is 0 Å². The number of benzene rings is 2. The molecule has 8 heteroatoms. The molecule has 0 aromatic heterocycles. The van der Waals surface area contributed by atoms with Gasteiger partial charge in [-0.2, -0.15) is 0 Å². The molecular formula is C18H12Cl2N2O3S. The smallest absolute Gasteiger partial charge is 0.266 e. The first-order valence-electron chi connectivity index (χ1n) is 7.62. The summed E-state index contributed by atoms with van der Waals surface area (Å²) in [6, 6.07) is 10.6. The molecule has 0 bridgehead atoms. The van der Waals surface area contributed by atoms with Gasteiger partial charge in [0.1, 0.15) is 0 Å². The van der Waals surface area contributed by atoms with Crippen molar-refractivity contribution in [1.82, 2.24) is 4.90 Å². The van der Waals surface area contributed by atoms with Gasteiger partial charge >= 0.3 is 0 Å². The van der Waals surface area contributed by atoms with Crippen LogP contribution in [0, 0.1) is 0 Å². The third-order valence-electron chi connectivity index (χ3n) is 3.83. The molecule has 2 aromatic carbocycles. The van der Waals surface area contributed by atoms with Crippen LogP contribution in [0.25, 0.3) is 6.08 Å². The Kier molecular flexibility index (Phi) is 4.56. The van der Waals surface area contributed by atoms with Crippen LogP contribution in [0.3, 0.4) is 0 Å². The lowest BCUT2D eigenvalue weighted by Crippen LogP contribution is -2.23. The Labute approximate surface area is 164 Å². The van der Waals surface area contributed by atoms with Crippen LogP contribution in [0.15, 0.2) is 46.3 Å². The van der Waals surface area contributed by atoms with Crippen LogP contribution < -0.4 is 9.47 Å². The van der Waals surface area contributed by atoms with Crippen molar-refractivity contribution >= 4 is 57.8 Å². The average Bonchev–Trinajstić information content (AvgIpc) is 3.17. The van der Waals surface area contributed by atoms with Gasteiger partial charge in [0.25, 0.3) is 5.91 Å². The van der Waals surface area contributed by atoms with Gasteiger partial charge in [0, 0.05) is 18.1 Å². The normalized spacial score (nSPS) is 19.0. The predicted octanol–water partition coefficient (Wildman–Crippen LogP) is 4.96. The first-order valence-corrected chi connectivity index (χ1v) is 9.19. The molecule has 0 unspecified atom stereocenters. The van der Waals surface area contributed by atoms with Gasteiger partial charge in [-0.15, -0.1) is 0 Å². The zero-order valence-electron chi connectivity index (χ0n) is 13.5. The maximum atomic E-state index is 12.5. The van der Waals surface area contributed by atoms with Gasteiger partial charge < -0.3 is 9.47 Å². The fourth-order valence-corrected chi connectivity index (χ4v) is 3.77. The summed E-state index contributed by atoms with van der Waals surface area (Å²) in [5.74, 6) is 1.07. The molecule has 1 amide bonds. The van der Waals surface area contributed by atoms with Crippen molar-refractivity contribution in [2.45, 2.75) is 0 Å². The van der Waals surface area contributed by atoms with Crippen LogP contribution in [0.4, 0.5) is 5.69 Å². The highest BCUT2D eigenvalue weighted by atomic mass is 35.5. The number of halogens is 2. The highest BCUT2D eigenvalue weighted by Gasteiger charge is 2.30. The van der Waals surface area contributed by atoms with E-state index in [0.29, 0.717) is 37.2 Å². The lowest BCUT2D eigenvalue weighted by atomic mass is 10.2. The number of hydrogen-bond acceptors (Lipinski definition) is 5. The number of aliphatic imine (C=N–C) groups is 1. The number of hydrogen-bond donors (Lipinski definition) is 0. The molecule has 1 fully saturated rings. The Morgan fingerprint density at radius 3 is 2.58 bits per heavy atom. The van der Waals surface area contributed by atoms with E-state index in [4.69, 9.17) is 32.7 Å². The number of thioether (sulfide) groups is 1. The van der Waals surface area contributed by atoms with E-state index in [2.05, 4.69) is 4.99 Å². The largest absolute Gasteiger partial charge is 0.454 e. The molecule has 0 radical (unpaired) electrons. The fraction of sp³-hybridized carbons (Fsp3) is 0.111. The molecule has 0 N–H and O–H groups in total. The maximum Gasteiger partial charge on any atom is 0.266 e. The molecule has 1 saturated heterocycles. The second kappa shape index (κ2) is 6.87. The molecular weight excluding hydrogens is 395 g/mol. The van der Waals surface area contributed by atoms with Gasteiger partial charge in [0.2, 0.25) is 6.79 Å². The zero-order valence-corrected chi connectivity index (χ0v) is 15.9. The summed E-state index contributed by atoms with van der Waals surface area (Å²) in [5.41, 5.74) is 1.41. The molecule has 132 valence electrons. The molecule has 4 rings (SSSR count). The highest BCUT2D eigenvalue weighted by molar-refractivity contribution is 8.18. The number of rotatable bonds is 2. The molecule has 0 atom stereocenters. The molecule has 2 aromatic rings. The number of amides is 1. The molecule has 2 heterocycles. The minimum Gasteiger partial charge on any atom is -0.454 e. The summed E-state index contributed by atoms with van der Waals surface area (Å²) >= 11 is 13.5. The monoisotopic (exact) mass is 406 g/mol. The SMILES string of the molecule is CN1C(=O)C(=Cc2cc3c(cc2Cl)OCO3)SC1=Nc1ccc(Cl)cc1. The lowest BCUT2D eigenvalue weighted by Gasteiger charge is -2.07. The van der Waals surface area contributed by atoms with Crippen molar-refractivity contribution in [1.29, 1.82) is 0 Å². The standard InChI is InChI=1S/C18H12Cl2N2O3S/c1-22-17(23)16(26-18(22)21-12-4-2-11(19)3-5-12)7-10-6-14-15(8-13(10)20)25-9-24-14/h2-8H,9H2,1H3. The summed E-state index contributed by atoms with van der Waals surface area (Å²) in [7, 11) is 1.69. The third kappa shape index (κ3) is 3.28. The van der Waals surface area contributed by atoms with Gasteiger partial charge in [-0.05, 0) is 53.7 Å². The van der Waals surface area contributed by atoms with Crippen molar-refractivity contribution in [3.8, 4) is 11.5 Å². The van der Waals surface area contributed by atoms with Gasteiger partial charge in [0.15, 0.2) is 16.7 Å². The van der Waals surface area contributed by atoms with Gasteiger partial charge in [-0.3, -0.25) is 9.69 Å². The van der Waals surface area contributed by atoms with Crippen LogP contribution >= 0.6 is 35.0 Å². The topological polar surface area (TPSA) is 51.1 Å². The molecule has 0 aliphatic carbocycles. The minimum atomic E-state index is -0.142. The Hall–Kier alpha value is -2.15. The van der Waals surface area contributed by atoms with E-state index in [1.807, 2.05) is 0 Å². The quantitative estimate of drug-likeness (QED) is 0.661. The van der Waals surface area contributed by atoms with Crippen molar-refractivity contribution in [2.24, 2.45) is 4.99 Å². The summed E-state index contributed by atoms with van der Waals surface area (Å²) in [5, 5.41) is 1.71. The predicted molar refractivity (Wildman–Crippen MR) is 104 cm³/mol. The van der Waals surface area contributed by atoms with E-state index < -0.39 is 0 Å². The summed E-state index contributed by atoms with van der Waals surface area (Å²) < 4.78 is 10.7. The first kappa shape index (κ1) is 17.3. The fourth-order valence-electron chi connectivity index (χ4n) is 2.46. The first-order chi connectivity index (χ1) is 12.5. The number of likely N-dealkylation sites (N-methyl/N-ethyl adjacent to an activating group) is 1. The summed E-state index contributed by atoms with van der Waals surface area (Å²) in [6.07, 6.45) is 1.73. The number of ether oxygens (including phenoxy) is 2. The number of carbonyl (C=O) groups excluding carboxylic acids is 1. The van der Waals surface area contributed by atoms with E-state index in [1.54, 1.807) is 49.5 Å². The number of nitrogens with zero attached hydrogens (tertiary/aromatic N) is 2. The highest BCUT2D eigenvalue weighted by Crippen LogP contribution is 2.40. The maximum absolute atomic E-state index is 12.5. The van der Waals surface area contributed by atoms with E-state index >= 15 is 0 Å². The minimum absolute atomic E-state index is 0.142. The van der Waals surface area contributed by atoms with Gasteiger partial charge in [0.05, 0.1) is 15.6 Å². The van der Waals surface area contributed by atoms with E-state index in [0.717, 1.165) is 5.69 Å². The number of amidine groups is 1. The number of carbonyl (C=O) groups is 1. The Balaban J connectivity index is 1.65. The van der Waals surface area contributed by atoms with E-state index in [-0.39, 0.29) is 12.7 Å². The van der Waals surface area contributed by atoms with Crippen LogP contribution in [0.2, 0.25) is 10.0 Å². The van der Waals surface area contributed by atoms with Crippen LogP contribution in [-0.4, -0.2) is 29.8 Å². The van der Waals surface area contributed by atoms with Crippen LogP contribution in [0.5, 0.6) is 11.5 Å². The Bertz CT molecular complexity index is 958. The second-order valence-corrected chi connectivity index (χ2v) is 7.43.